The van der Waals surface area contributed by atoms with E-state index in [9.17, 15) is 9.59 Å². The smallest absolute Gasteiger partial charge is 0.252 e. The van der Waals surface area contributed by atoms with Gasteiger partial charge in [0.1, 0.15) is 0 Å². The molecule has 5 N–H and O–H groups in total. The van der Waals surface area contributed by atoms with Crippen molar-refractivity contribution < 1.29 is 9.59 Å². The van der Waals surface area contributed by atoms with Crippen molar-refractivity contribution in [3.05, 3.63) is 95.6 Å². The van der Waals surface area contributed by atoms with E-state index in [1.54, 1.807) is 24.7 Å². The zero-order valence-corrected chi connectivity index (χ0v) is 18.6. The van der Waals surface area contributed by atoms with Crippen molar-refractivity contribution in [1.29, 1.82) is 0 Å². The predicted octanol–water partition coefficient (Wildman–Crippen LogP) is 3.87. The van der Waals surface area contributed by atoms with Crippen LogP contribution in [0.4, 0.5) is 5.69 Å². The third kappa shape index (κ3) is 5.10. The molecule has 1 aromatic heterocycles. The van der Waals surface area contributed by atoms with Gasteiger partial charge < -0.3 is 21.4 Å². The van der Waals surface area contributed by atoms with Crippen molar-refractivity contribution in [3.8, 4) is 0 Å². The molecule has 33 heavy (non-hydrogen) atoms. The Labute approximate surface area is 192 Å². The number of anilines is 1. The number of imidazole rings is 1. The van der Waals surface area contributed by atoms with Crippen LogP contribution >= 0.6 is 0 Å². The topological polar surface area (TPSA) is 113 Å². The summed E-state index contributed by atoms with van der Waals surface area (Å²) < 4.78 is 0. The number of carbonyl (C=O) groups excluding carboxylic acids is 2. The van der Waals surface area contributed by atoms with Crippen LogP contribution in [0.25, 0.3) is 10.8 Å². The van der Waals surface area contributed by atoms with E-state index in [4.69, 9.17) is 5.73 Å². The Hall–Kier alpha value is -3.97. The van der Waals surface area contributed by atoms with Crippen molar-refractivity contribution in [1.82, 2.24) is 15.3 Å². The fourth-order valence-corrected chi connectivity index (χ4v) is 3.89. The highest BCUT2D eigenvalue weighted by Crippen LogP contribution is 2.25. The van der Waals surface area contributed by atoms with Crippen LogP contribution < -0.4 is 16.4 Å². The number of nitrogens with one attached hydrogen (secondary N) is 3. The molecule has 4 rings (SSSR count). The maximum Gasteiger partial charge on any atom is 0.252 e. The number of aryl methyl sites for hydroxylation is 1. The van der Waals surface area contributed by atoms with Crippen molar-refractivity contribution in [2.24, 2.45) is 5.73 Å². The Bertz CT molecular complexity index is 1280. The van der Waals surface area contributed by atoms with Gasteiger partial charge in [0, 0.05) is 29.6 Å². The highest BCUT2D eigenvalue weighted by molar-refractivity contribution is 6.00. The van der Waals surface area contributed by atoms with Crippen molar-refractivity contribution in [3.63, 3.8) is 0 Å². The number of rotatable bonds is 7. The highest BCUT2D eigenvalue weighted by Gasteiger charge is 2.18. The summed E-state index contributed by atoms with van der Waals surface area (Å²) in [5, 5.41) is 8.13. The Kier molecular flexibility index (Phi) is 6.51. The normalized spacial score (nSPS) is 12.8. The molecular weight excluding hydrogens is 414 g/mol. The fourth-order valence-electron chi connectivity index (χ4n) is 3.89. The molecule has 0 aliphatic rings. The van der Waals surface area contributed by atoms with Gasteiger partial charge in [0.05, 0.1) is 18.4 Å². The van der Waals surface area contributed by atoms with Crippen LogP contribution in [0.5, 0.6) is 0 Å². The zero-order chi connectivity index (χ0) is 23.4. The van der Waals surface area contributed by atoms with Crippen LogP contribution in [0, 0.1) is 6.92 Å². The summed E-state index contributed by atoms with van der Waals surface area (Å²) in [7, 11) is 0. The molecule has 0 aliphatic carbocycles. The molecule has 0 aliphatic heterocycles. The largest absolute Gasteiger partial charge is 0.348 e. The van der Waals surface area contributed by atoms with Crippen molar-refractivity contribution in [2.75, 3.05) is 5.32 Å². The van der Waals surface area contributed by atoms with Gasteiger partial charge in [-0.25, -0.2) is 4.98 Å². The number of nitrogens with two attached hydrogens (primary N) is 1. The molecule has 0 saturated carbocycles. The first-order valence-electron chi connectivity index (χ1n) is 10.8. The maximum atomic E-state index is 13.1. The molecule has 2 atom stereocenters. The molecule has 0 radical (unpaired) electrons. The minimum Gasteiger partial charge on any atom is -0.348 e. The molecular formula is C26H27N5O2. The molecule has 2 amide bonds. The van der Waals surface area contributed by atoms with Gasteiger partial charge in [0.15, 0.2) is 0 Å². The average molecular weight is 442 g/mol. The van der Waals surface area contributed by atoms with Gasteiger partial charge in [-0.05, 0) is 47.9 Å². The summed E-state index contributed by atoms with van der Waals surface area (Å²) in [5.74, 6) is -0.533. The van der Waals surface area contributed by atoms with Crippen LogP contribution in [-0.4, -0.2) is 27.8 Å². The quantitative estimate of drug-likeness (QED) is 0.349. The number of fused-ring (bicyclic) bond motifs is 1. The van der Waals surface area contributed by atoms with Gasteiger partial charge in [-0.2, -0.15) is 0 Å². The minimum atomic E-state index is -0.740. The number of H-pyrrole nitrogens is 1. The van der Waals surface area contributed by atoms with E-state index in [2.05, 4.69) is 38.8 Å². The second-order valence-electron chi connectivity index (χ2n) is 8.17. The van der Waals surface area contributed by atoms with E-state index < -0.39 is 6.04 Å². The number of aromatic nitrogens is 2. The molecule has 7 nitrogen and oxygen atoms in total. The van der Waals surface area contributed by atoms with Gasteiger partial charge in [-0.1, -0.05) is 48.5 Å². The summed E-state index contributed by atoms with van der Waals surface area (Å²) in [6.45, 7) is 3.84. The van der Waals surface area contributed by atoms with Gasteiger partial charge in [0.2, 0.25) is 5.91 Å². The maximum absolute atomic E-state index is 13.1. The summed E-state index contributed by atoms with van der Waals surface area (Å²) in [6.07, 6.45) is 3.52. The lowest BCUT2D eigenvalue weighted by molar-refractivity contribution is -0.117. The monoisotopic (exact) mass is 441 g/mol. The first-order chi connectivity index (χ1) is 15.9. The molecule has 0 unspecified atom stereocenters. The van der Waals surface area contributed by atoms with E-state index in [-0.39, 0.29) is 17.9 Å². The number of hydrogen-bond donors (Lipinski definition) is 4. The van der Waals surface area contributed by atoms with Gasteiger partial charge in [0.25, 0.3) is 5.91 Å². The van der Waals surface area contributed by atoms with E-state index >= 15 is 0 Å². The molecule has 3 aromatic carbocycles. The van der Waals surface area contributed by atoms with Crippen LogP contribution in [0.3, 0.4) is 0 Å². The molecule has 0 spiro atoms. The second-order valence-corrected chi connectivity index (χ2v) is 8.17. The fraction of sp³-hybridized carbons (Fsp3) is 0.192. The summed E-state index contributed by atoms with van der Waals surface area (Å²) >= 11 is 0. The Balaban J connectivity index is 1.47. The number of nitrogens with zero attached hydrogens (tertiary/aromatic N) is 1. The number of aromatic amines is 1. The van der Waals surface area contributed by atoms with Gasteiger partial charge in [-0.15, -0.1) is 0 Å². The molecule has 4 aromatic rings. The molecule has 0 saturated heterocycles. The third-order valence-electron chi connectivity index (χ3n) is 5.72. The third-order valence-corrected chi connectivity index (χ3v) is 5.72. The van der Waals surface area contributed by atoms with E-state index in [1.165, 1.54) is 0 Å². The lowest BCUT2D eigenvalue weighted by atomic mass is 9.99. The van der Waals surface area contributed by atoms with Crippen molar-refractivity contribution >= 4 is 28.3 Å². The summed E-state index contributed by atoms with van der Waals surface area (Å²) in [6, 6.07) is 18.5. The van der Waals surface area contributed by atoms with E-state index in [1.807, 2.05) is 44.2 Å². The standard InChI is InChI=1S/C26H27N5O2/c1-16-10-11-19(31-26(33)24(27)13-20-14-28-15-29-20)12-23(16)25(32)30-17(2)21-9-5-7-18-6-3-4-8-22(18)21/h3-12,14-15,17,24H,13,27H2,1-2H3,(H,28,29)(H,30,32)(H,31,33)/t17-,24+/m1/s1. The SMILES string of the molecule is Cc1ccc(NC(=O)[C@@H](N)Cc2cnc[nH]2)cc1C(=O)N[C@H](C)c1cccc2ccccc12. The van der Waals surface area contributed by atoms with Crippen LogP contribution in [0.15, 0.2) is 73.2 Å². The second kappa shape index (κ2) is 9.67. The molecule has 0 fully saturated rings. The lowest BCUT2D eigenvalue weighted by Gasteiger charge is -2.18. The number of amides is 2. The number of hydrogen-bond acceptors (Lipinski definition) is 4. The van der Waals surface area contributed by atoms with E-state index in [0.29, 0.717) is 17.7 Å². The van der Waals surface area contributed by atoms with Crippen LogP contribution in [0.2, 0.25) is 0 Å². The number of carbonyl (C=O) groups is 2. The van der Waals surface area contributed by atoms with Gasteiger partial charge >= 0.3 is 0 Å². The molecule has 0 bridgehead atoms. The summed E-state index contributed by atoms with van der Waals surface area (Å²) in [5.41, 5.74) is 9.69. The Morgan fingerprint density at radius 3 is 2.67 bits per heavy atom. The first-order valence-corrected chi connectivity index (χ1v) is 10.8. The molecule has 168 valence electrons. The molecule has 7 heteroatoms. The highest BCUT2D eigenvalue weighted by atomic mass is 16.2. The van der Waals surface area contributed by atoms with Crippen molar-refractivity contribution in [2.45, 2.75) is 32.4 Å². The van der Waals surface area contributed by atoms with E-state index in [0.717, 1.165) is 27.6 Å². The first kappa shape index (κ1) is 22.2. The minimum absolute atomic E-state index is 0.191. The average Bonchev–Trinajstić information content (AvgIpc) is 3.32. The predicted molar refractivity (Wildman–Crippen MR) is 130 cm³/mol. The number of benzene rings is 3. The Morgan fingerprint density at radius 2 is 1.88 bits per heavy atom. The van der Waals surface area contributed by atoms with Crippen LogP contribution in [-0.2, 0) is 11.2 Å². The molecule has 1 heterocycles. The van der Waals surface area contributed by atoms with Gasteiger partial charge in [-0.3, -0.25) is 9.59 Å². The van der Waals surface area contributed by atoms with Crippen LogP contribution in [0.1, 0.15) is 40.1 Å². The Morgan fingerprint density at radius 1 is 1.09 bits per heavy atom. The summed E-state index contributed by atoms with van der Waals surface area (Å²) in [4.78, 5) is 32.5. The zero-order valence-electron chi connectivity index (χ0n) is 18.6. The lowest BCUT2D eigenvalue weighted by Crippen LogP contribution is -2.37.